The van der Waals surface area contributed by atoms with Crippen LogP contribution in [-0.2, 0) is 4.74 Å². The molecule has 1 aliphatic carbocycles. The van der Waals surface area contributed by atoms with Crippen LogP contribution in [0.15, 0.2) is 45.3 Å². The van der Waals surface area contributed by atoms with Crippen molar-refractivity contribution in [2.45, 2.75) is 27.7 Å². The summed E-state index contributed by atoms with van der Waals surface area (Å²) in [7, 11) is 0. The van der Waals surface area contributed by atoms with Crippen LogP contribution in [-0.4, -0.2) is 0 Å². The minimum Gasteiger partial charge on any atom is -0.395 e. The molecule has 0 aromatic carbocycles. The van der Waals surface area contributed by atoms with Gasteiger partial charge in [-0.15, -0.1) is 5.26 Å². The van der Waals surface area contributed by atoms with Crippen molar-refractivity contribution in [1.29, 1.82) is 26.3 Å². The molecule has 0 aromatic rings. The molecule has 24 heavy (non-hydrogen) atoms. The fraction of sp³-hybridized carbons (Fsp3) is 0.278. The standard InChI is InChI=1S/C18H13N5O/c1-11(5-19)15-16(12(6-20)7-21)13(9-24-10-23)17(15)14(8-22)18(2,3)4/h9H,1-4H3/b13-9?,15-11-,17-14+. The summed E-state index contributed by atoms with van der Waals surface area (Å²) in [6, 6.07) is 7.66. The summed E-state index contributed by atoms with van der Waals surface area (Å²) in [6.45, 7) is 7.04. The Morgan fingerprint density at radius 2 is 1.46 bits per heavy atom. The van der Waals surface area contributed by atoms with Gasteiger partial charge < -0.3 is 4.74 Å². The molecule has 1 saturated carbocycles. The first kappa shape index (κ1) is 18.3. The van der Waals surface area contributed by atoms with Gasteiger partial charge in [-0.05, 0) is 12.3 Å². The molecule has 6 nitrogen and oxygen atoms in total. The van der Waals surface area contributed by atoms with Gasteiger partial charge in [-0.3, -0.25) is 0 Å². The van der Waals surface area contributed by atoms with Gasteiger partial charge in [-0.25, -0.2) is 0 Å². The Morgan fingerprint density at radius 3 is 1.83 bits per heavy atom. The summed E-state index contributed by atoms with van der Waals surface area (Å²) in [5, 5.41) is 45.8. The molecule has 0 unspecified atom stereocenters. The number of hydrogen-bond donors (Lipinski definition) is 0. The molecular weight excluding hydrogens is 302 g/mol. The Kier molecular flexibility index (Phi) is 5.31. The highest BCUT2D eigenvalue weighted by atomic mass is 16.5. The van der Waals surface area contributed by atoms with Crippen molar-refractivity contribution in [3.63, 3.8) is 0 Å². The maximum Gasteiger partial charge on any atom is 0.291 e. The summed E-state index contributed by atoms with van der Waals surface area (Å²) in [5.74, 6) is 0. The number of nitriles is 5. The first-order valence-corrected chi connectivity index (χ1v) is 6.85. The molecule has 6 heteroatoms. The SMILES string of the molecule is C/C(C#N)=C1\C(=C(C#N)C#N)C(=COC#N)\C1=C(\C#N)C(C)(C)C. The van der Waals surface area contributed by atoms with E-state index in [1.165, 1.54) is 6.26 Å². The van der Waals surface area contributed by atoms with Gasteiger partial charge in [0.15, 0.2) is 0 Å². The van der Waals surface area contributed by atoms with E-state index in [1.54, 1.807) is 19.1 Å². The van der Waals surface area contributed by atoms with E-state index < -0.39 is 5.41 Å². The zero-order valence-corrected chi connectivity index (χ0v) is 13.7. The van der Waals surface area contributed by atoms with E-state index in [0.717, 1.165) is 6.26 Å². The van der Waals surface area contributed by atoms with Crippen LogP contribution >= 0.6 is 0 Å². The lowest BCUT2D eigenvalue weighted by atomic mass is 9.66. The smallest absolute Gasteiger partial charge is 0.291 e. The van der Waals surface area contributed by atoms with Crippen LogP contribution in [0.3, 0.4) is 0 Å². The van der Waals surface area contributed by atoms with Crippen molar-refractivity contribution < 1.29 is 4.74 Å². The molecule has 0 aliphatic heterocycles. The Bertz CT molecular complexity index is 901. The average Bonchev–Trinajstić information content (AvgIpc) is 2.52. The van der Waals surface area contributed by atoms with Crippen LogP contribution in [0.4, 0.5) is 0 Å². The highest BCUT2D eigenvalue weighted by molar-refractivity contribution is 5.85. The van der Waals surface area contributed by atoms with Gasteiger partial charge in [0.2, 0.25) is 0 Å². The van der Waals surface area contributed by atoms with Crippen molar-refractivity contribution in [3.8, 4) is 30.5 Å². The maximum atomic E-state index is 9.56. The van der Waals surface area contributed by atoms with Crippen LogP contribution in [0.2, 0.25) is 0 Å². The van der Waals surface area contributed by atoms with E-state index in [-0.39, 0.29) is 16.7 Å². The average molecular weight is 315 g/mol. The van der Waals surface area contributed by atoms with Gasteiger partial charge in [-0.1, -0.05) is 20.8 Å². The van der Waals surface area contributed by atoms with Crippen molar-refractivity contribution in [2.24, 2.45) is 5.41 Å². The monoisotopic (exact) mass is 315 g/mol. The molecule has 0 amide bonds. The van der Waals surface area contributed by atoms with Gasteiger partial charge in [0.1, 0.15) is 24.0 Å². The van der Waals surface area contributed by atoms with Crippen LogP contribution in [0, 0.1) is 62.3 Å². The first-order valence-electron chi connectivity index (χ1n) is 6.85. The highest BCUT2D eigenvalue weighted by Crippen LogP contribution is 2.51. The zero-order chi connectivity index (χ0) is 18.5. The molecule has 0 spiro atoms. The molecule has 1 fully saturated rings. The molecule has 1 rings (SSSR count). The van der Waals surface area contributed by atoms with Crippen molar-refractivity contribution in [1.82, 2.24) is 0 Å². The normalized spacial score (nSPS) is 18.8. The highest BCUT2D eigenvalue weighted by Gasteiger charge is 2.40. The third-order valence-corrected chi connectivity index (χ3v) is 3.40. The fourth-order valence-corrected chi connectivity index (χ4v) is 2.35. The Hall–Kier alpha value is -3.79. The third kappa shape index (κ3) is 3.03. The molecule has 0 radical (unpaired) electrons. The molecule has 0 bridgehead atoms. The quantitative estimate of drug-likeness (QED) is 0.414. The lowest BCUT2D eigenvalue weighted by Crippen LogP contribution is -2.23. The summed E-state index contributed by atoms with van der Waals surface area (Å²) >= 11 is 0. The molecule has 0 atom stereocenters. The second kappa shape index (κ2) is 6.98. The van der Waals surface area contributed by atoms with Gasteiger partial charge in [0.05, 0.1) is 12.1 Å². The van der Waals surface area contributed by atoms with E-state index in [9.17, 15) is 10.5 Å². The second-order valence-corrected chi connectivity index (χ2v) is 5.94. The largest absolute Gasteiger partial charge is 0.395 e. The van der Waals surface area contributed by atoms with E-state index >= 15 is 0 Å². The van der Waals surface area contributed by atoms with Crippen molar-refractivity contribution in [3.05, 3.63) is 45.3 Å². The number of nitrogens with zero attached hydrogens (tertiary/aromatic N) is 5. The van der Waals surface area contributed by atoms with E-state index in [0.29, 0.717) is 22.3 Å². The predicted octanol–water partition coefficient (Wildman–Crippen LogP) is 3.43. The topological polar surface area (TPSA) is 128 Å². The van der Waals surface area contributed by atoms with Crippen LogP contribution < -0.4 is 0 Å². The number of rotatable bonds is 1. The Labute approximate surface area is 140 Å². The summed E-state index contributed by atoms with van der Waals surface area (Å²) in [4.78, 5) is 0. The van der Waals surface area contributed by atoms with E-state index in [4.69, 9.17) is 15.8 Å². The molecular formula is C18H13N5O. The molecule has 1 aliphatic rings. The van der Waals surface area contributed by atoms with Crippen molar-refractivity contribution >= 4 is 0 Å². The number of hydrogen-bond acceptors (Lipinski definition) is 6. The Morgan fingerprint density at radius 1 is 0.875 bits per heavy atom. The van der Waals surface area contributed by atoms with Gasteiger partial charge in [0, 0.05) is 33.4 Å². The number of allylic oxidation sites excluding steroid dienone is 7. The predicted molar refractivity (Wildman–Crippen MR) is 83.4 cm³/mol. The minimum absolute atomic E-state index is 0.206. The Balaban J connectivity index is 4.02. The maximum absolute atomic E-state index is 9.56. The molecule has 0 heterocycles. The summed E-state index contributed by atoms with van der Waals surface area (Å²) < 4.78 is 4.65. The fourth-order valence-electron chi connectivity index (χ4n) is 2.35. The zero-order valence-electron chi connectivity index (χ0n) is 13.7. The van der Waals surface area contributed by atoms with Gasteiger partial charge in [0.25, 0.3) is 6.26 Å². The van der Waals surface area contributed by atoms with Crippen LogP contribution in [0.1, 0.15) is 27.7 Å². The number of ether oxygens (including phenoxy) is 1. The van der Waals surface area contributed by atoms with Crippen LogP contribution in [0.5, 0.6) is 0 Å². The van der Waals surface area contributed by atoms with Gasteiger partial charge >= 0.3 is 0 Å². The minimum atomic E-state index is -0.540. The molecule has 116 valence electrons. The summed E-state index contributed by atoms with van der Waals surface area (Å²) in [6.07, 6.45) is 2.58. The lowest BCUT2D eigenvalue weighted by Gasteiger charge is -2.34. The third-order valence-electron chi connectivity index (χ3n) is 3.40. The van der Waals surface area contributed by atoms with Crippen molar-refractivity contribution in [2.75, 3.05) is 0 Å². The van der Waals surface area contributed by atoms with E-state index in [1.807, 2.05) is 26.8 Å². The van der Waals surface area contributed by atoms with Gasteiger partial charge in [-0.2, -0.15) is 21.0 Å². The lowest BCUT2D eigenvalue weighted by molar-refractivity contribution is 0.423. The first-order chi connectivity index (χ1) is 11.3. The van der Waals surface area contributed by atoms with E-state index in [2.05, 4.69) is 10.8 Å². The van der Waals surface area contributed by atoms with Crippen LogP contribution in [0.25, 0.3) is 0 Å². The molecule has 0 saturated heterocycles. The molecule has 0 N–H and O–H groups in total. The molecule has 0 aromatic heterocycles. The second-order valence-electron chi connectivity index (χ2n) is 5.94. The summed E-state index contributed by atoms with van der Waals surface area (Å²) in [5.41, 5.74) is 1.22.